The third-order valence-corrected chi connectivity index (χ3v) is 2.86. The Balaban J connectivity index is 2.73. The van der Waals surface area contributed by atoms with Gasteiger partial charge in [0.25, 0.3) is 0 Å². The van der Waals surface area contributed by atoms with Crippen LogP contribution in [0.1, 0.15) is 11.7 Å². The topological polar surface area (TPSA) is 84.0 Å². The third-order valence-electron chi connectivity index (χ3n) is 2.58. The van der Waals surface area contributed by atoms with Gasteiger partial charge >= 0.3 is 5.69 Å². The summed E-state index contributed by atoms with van der Waals surface area (Å²) in [4.78, 5) is 14.1. The van der Waals surface area contributed by atoms with Crippen LogP contribution in [0.2, 0.25) is 5.02 Å². The molecule has 0 spiro atoms. The van der Waals surface area contributed by atoms with Gasteiger partial charge in [-0.15, -0.1) is 0 Å². The van der Waals surface area contributed by atoms with Crippen LogP contribution in [0.25, 0.3) is 11.0 Å². The maximum absolute atomic E-state index is 11.4. The van der Waals surface area contributed by atoms with Gasteiger partial charge in [0.2, 0.25) is 0 Å². The van der Waals surface area contributed by atoms with Crippen molar-refractivity contribution in [3.8, 4) is 0 Å². The molecule has 1 atom stereocenters. The molecule has 5 nitrogen and oxygen atoms in total. The highest BCUT2D eigenvalue weighted by Gasteiger charge is 2.12. The molecular weight excluding hydrogens is 230 g/mol. The molecular formula is C10H12ClN3O2. The van der Waals surface area contributed by atoms with E-state index in [9.17, 15) is 9.90 Å². The van der Waals surface area contributed by atoms with Crippen LogP contribution < -0.4 is 11.4 Å². The number of rotatable bonds is 2. The molecule has 2 rings (SSSR count). The summed E-state index contributed by atoms with van der Waals surface area (Å²) in [6.07, 6.45) is -0.773. The Morgan fingerprint density at radius 1 is 1.62 bits per heavy atom. The Morgan fingerprint density at radius 2 is 2.31 bits per heavy atom. The number of hydrogen-bond acceptors (Lipinski definition) is 3. The number of nitrogens with zero attached hydrogens (tertiary/aromatic N) is 1. The van der Waals surface area contributed by atoms with E-state index >= 15 is 0 Å². The molecule has 86 valence electrons. The molecule has 0 aliphatic rings. The monoisotopic (exact) mass is 241 g/mol. The van der Waals surface area contributed by atoms with Crippen molar-refractivity contribution in [3.63, 3.8) is 0 Å². The zero-order valence-electron chi connectivity index (χ0n) is 8.70. The smallest absolute Gasteiger partial charge is 0.326 e. The van der Waals surface area contributed by atoms with Crippen molar-refractivity contribution in [3.05, 3.63) is 33.2 Å². The number of halogens is 1. The van der Waals surface area contributed by atoms with E-state index in [1.54, 1.807) is 19.2 Å². The quantitative estimate of drug-likeness (QED) is 0.716. The first kappa shape index (κ1) is 11.2. The number of hydrogen-bond donors (Lipinski definition) is 3. The van der Waals surface area contributed by atoms with Crippen molar-refractivity contribution in [2.24, 2.45) is 12.8 Å². The van der Waals surface area contributed by atoms with Crippen LogP contribution in [0.5, 0.6) is 0 Å². The van der Waals surface area contributed by atoms with E-state index in [2.05, 4.69) is 4.98 Å². The van der Waals surface area contributed by atoms with Crippen molar-refractivity contribution in [2.45, 2.75) is 6.10 Å². The predicted octanol–water partition coefficient (Wildman–Crippen LogP) is 0.512. The van der Waals surface area contributed by atoms with Crippen molar-refractivity contribution in [2.75, 3.05) is 6.54 Å². The molecule has 0 fully saturated rings. The number of aliphatic hydroxyl groups is 1. The van der Waals surface area contributed by atoms with Crippen LogP contribution >= 0.6 is 11.6 Å². The Labute approximate surface area is 96.4 Å². The molecule has 0 radical (unpaired) electrons. The number of aliphatic hydroxyl groups excluding tert-OH is 1. The Morgan fingerprint density at radius 3 is 2.94 bits per heavy atom. The number of fused-ring (bicyclic) bond motifs is 1. The average Bonchev–Trinajstić information content (AvgIpc) is 2.54. The number of aromatic nitrogens is 2. The highest BCUT2D eigenvalue weighted by Crippen LogP contribution is 2.25. The standard InChI is InChI=1S/C10H12ClN3O2/c1-14-9-6(11)2-5(8(15)4-12)3-7(9)13-10(14)16/h2-3,8,15H,4,12H2,1H3,(H,13,16). The molecule has 1 aromatic carbocycles. The fraction of sp³-hybridized carbons (Fsp3) is 0.300. The summed E-state index contributed by atoms with van der Waals surface area (Å²) in [7, 11) is 1.63. The first-order valence-electron chi connectivity index (χ1n) is 4.81. The summed E-state index contributed by atoms with van der Waals surface area (Å²) in [6.45, 7) is 0.110. The summed E-state index contributed by atoms with van der Waals surface area (Å²) in [6, 6.07) is 3.30. The maximum atomic E-state index is 11.4. The largest absolute Gasteiger partial charge is 0.387 e. The minimum absolute atomic E-state index is 0.110. The van der Waals surface area contributed by atoms with Crippen LogP contribution in [-0.2, 0) is 7.05 Å². The Kier molecular flexibility index (Phi) is 2.75. The molecule has 0 aliphatic carbocycles. The molecule has 6 heteroatoms. The van der Waals surface area contributed by atoms with Crippen LogP contribution in [0.3, 0.4) is 0 Å². The molecule has 1 aromatic heterocycles. The second kappa shape index (κ2) is 3.93. The molecule has 0 amide bonds. The van der Waals surface area contributed by atoms with Crippen LogP contribution in [-0.4, -0.2) is 21.2 Å². The number of nitrogens with one attached hydrogen (secondary N) is 1. The average molecular weight is 242 g/mol. The lowest BCUT2D eigenvalue weighted by Gasteiger charge is -2.09. The van der Waals surface area contributed by atoms with Gasteiger partial charge < -0.3 is 15.8 Å². The van der Waals surface area contributed by atoms with Gasteiger partial charge in [-0.2, -0.15) is 0 Å². The number of nitrogens with two attached hydrogens (primary N) is 1. The van der Waals surface area contributed by atoms with Gasteiger partial charge in [0, 0.05) is 13.6 Å². The minimum Gasteiger partial charge on any atom is -0.387 e. The van der Waals surface area contributed by atoms with E-state index in [0.29, 0.717) is 21.6 Å². The molecule has 2 aromatic rings. The first-order valence-corrected chi connectivity index (χ1v) is 5.18. The number of aromatic amines is 1. The lowest BCUT2D eigenvalue weighted by atomic mass is 10.1. The molecule has 0 saturated carbocycles. The van der Waals surface area contributed by atoms with Crippen molar-refractivity contribution >= 4 is 22.6 Å². The van der Waals surface area contributed by atoms with E-state index in [4.69, 9.17) is 17.3 Å². The van der Waals surface area contributed by atoms with Gasteiger partial charge in [0.05, 0.1) is 22.2 Å². The van der Waals surface area contributed by atoms with E-state index < -0.39 is 6.10 Å². The first-order chi connectivity index (χ1) is 7.54. The molecule has 1 unspecified atom stereocenters. The lowest BCUT2D eigenvalue weighted by Crippen LogP contribution is -2.12. The lowest BCUT2D eigenvalue weighted by molar-refractivity contribution is 0.187. The molecule has 4 N–H and O–H groups in total. The zero-order chi connectivity index (χ0) is 11.9. The third kappa shape index (κ3) is 1.63. The van der Waals surface area contributed by atoms with Crippen molar-refractivity contribution < 1.29 is 5.11 Å². The molecule has 16 heavy (non-hydrogen) atoms. The second-order valence-electron chi connectivity index (χ2n) is 3.64. The van der Waals surface area contributed by atoms with Crippen molar-refractivity contribution in [1.82, 2.24) is 9.55 Å². The Hall–Kier alpha value is -1.30. The second-order valence-corrected chi connectivity index (χ2v) is 4.05. The molecule has 0 aliphatic heterocycles. The van der Waals surface area contributed by atoms with Crippen LogP contribution in [0, 0.1) is 0 Å². The minimum atomic E-state index is -0.773. The number of H-pyrrole nitrogens is 1. The highest BCUT2D eigenvalue weighted by molar-refractivity contribution is 6.35. The van der Waals surface area contributed by atoms with Gasteiger partial charge in [-0.3, -0.25) is 4.57 Å². The fourth-order valence-electron chi connectivity index (χ4n) is 1.69. The van der Waals surface area contributed by atoms with E-state index in [-0.39, 0.29) is 12.2 Å². The van der Waals surface area contributed by atoms with Gasteiger partial charge in [0.15, 0.2) is 0 Å². The van der Waals surface area contributed by atoms with Crippen molar-refractivity contribution in [1.29, 1.82) is 0 Å². The number of imidazole rings is 1. The molecule has 0 bridgehead atoms. The fourth-order valence-corrected chi connectivity index (χ4v) is 2.04. The number of benzene rings is 1. The highest BCUT2D eigenvalue weighted by atomic mass is 35.5. The van der Waals surface area contributed by atoms with E-state index in [0.717, 1.165) is 0 Å². The van der Waals surface area contributed by atoms with E-state index in [1.165, 1.54) is 4.57 Å². The van der Waals surface area contributed by atoms with Gasteiger partial charge in [0.1, 0.15) is 0 Å². The summed E-state index contributed by atoms with van der Waals surface area (Å²) < 4.78 is 1.43. The maximum Gasteiger partial charge on any atom is 0.326 e. The van der Waals surface area contributed by atoms with E-state index in [1.807, 2.05) is 0 Å². The summed E-state index contributed by atoms with van der Waals surface area (Å²) in [5.74, 6) is 0. The molecule has 1 heterocycles. The summed E-state index contributed by atoms with van der Waals surface area (Å²) in [5, 5.41) is 10.0. The zero-order valence-corrected chi connectivity index (χ0v) is 9.45. The van der Waals surface area contributed by atoms with Gasteiger partial charge in [-0.1, -0.05) is 11.6 Å². The summed E-state index contributed by atoms with van der Waals surface area (Å²) in [5.41, 5.74) is 6.95. The van der Waals surface area contributed by atoms with Gasteiger partial charge in [-0.25, -0.2) is 4.79 Å². The van der Waals surface area contributed by atoms with Crippen LogP contribution in [0.15, 0.2) is 16.9 Å². The Bertz CT molecular complexity index is 587. The normalized spacial score (nSPS) is 13.2. The predicted molar refractivity (Wildman–Crippen MR) is 62.6 cm³/mol. The number of aryl methyl sites for hydroxylation is 1. The summed E-state index contributed by atoms with van der Waals surface area (Å²) >= 11 is 6.05. The molecule has 0 saturated heterocycles. The SMILES string of the molecule is Cn1c(=O)[nH]c2cc(C(O)CN)cc(Cl)c21. The van der Waals surface area contributed by atoms with Gasteiger partial charge in [-0.05, 0) is 17.7 Å². The van der Waals surface area contributed by atoms with Crippen LogP contribution in [0.4, 0.5) is 0 Å².